The molecule has 0 bridgehead atoms. The van der Waals surface area contributed by atoms with Crippen LogP contribution in [0.1, 0.15) is 23.2 Å². The lowest BCUT2D eigenvalue weighted by molar-refractivity contribution is 0.322. The van der Waals surface area contributed by atoms with Crippen LogP contribution in [-0.4, -0.2) is 23.3 Å². The Morgan fingerprint density at radius 2 is 2.05 bits per heavy atom. The molecule has 2 heterocycles. The van der Waals surface area contributed by atoms with Gasteiger partial charge in [0.25, 0.3) is 0 Å². The molecule has 0 unspecified atom stereocenters. The summed E-state index contributed by atoms with van der Waals surface area (Å²) in [4.78, 5) is 2.17. The number of anilines is 2. The van der Waals surface area contributed by atoms with Crippen LogP contribution in [0.2, 0.25) is 0 Å². The van der Waals surface area contributed by atoms with Gasteiger partial charge in [0.1, 0.15) is 5.75 Å². The summed E-state index contributed by atoms with van der Waals surface area (Å²) in [5.74, 6) is 1.73. The molecule has 1 aromatic carbocycles. The topological polar surface area (TPSA) is 64.3 Å². The number of benzene rings is 1. The summed E-state index contributed by atoms with van der Waals surface area (Å²) < 4.78 is 5.81. The van der Waals surface area contributed by atoms with Crippen molar-refractivity contribution in [2.24, 2.45) is 5.73 Å². The van der Waals surface area contributed by atoms with Crippen molar-refractivity contribution in [3.63, 3.8) is 0 Å². The fraction of sp³-hybridized carbons (Fsp3) is 0.375. The second kappa shape index (κ2) is 5.69. The van der Waals surface area contributed by atoms with E-state index in [4.69, 9.17) is 10.5 Å². The molecule has 5 heteroatoms. The minimum absolute atomic E-state index is 0.455. The Kier molecular flexibility index (Phi) is 3.75. The Balaban J connectivity index is 2.14. The number of nitrogens with two attached hydrogens (primary N) is 1. The second-order valence-corrected chi connectivity index (χ2v) is 5.24. The smallest absolute Gasteiger partial charge is 0.160 e. The third kappa shape index (κ3) is 2.45. The Morgan fingerprint density at radius 1 is 1.24 bits per heavy atom. The normalized spacial score (nSPS) is 14.3. The lowest BCUT2D eigenvalue weighted by atomic mass is 10.1. The Hall–Kier alpha value is -2.14. The first kappa shape index (κ1) is 13.8. The number of nitrogens with zero attached hydrogens (tertiary/aromatic N) is 3. The zero-order valence-electron chi connectivity index (χ0n) is 12.5. The van der Waals surface area contributed by atoms with Gasteiger partial charge in [-0.05, 0) is 38.0 Å². The lowest BCUT2D eigenvalue weighted by Crippen LogP contribution is -2.23. The highest BCUT2D eigenvalue weighted by Crippen LogP contribution is 2.36. The van der Waals surface area contributed by atoms with Crippen molar-refractivity contribution in [1.82, 2.24) is 10.2 Å². The van der Waals surface area contributed by atoms with E-state index in [2.05, 4.69) is 28.1 Å². The average molecular weight is 284 g/mol. The van der Waals surface area contributed by atoms with Crippen molar-refractivity contribution in [1.29, 1.82) is 0 Å². The van der Waals surface area contributed by atoms with E-state index in [1.165, 1.54) is 0 Å². The standard InChI is InChI=1S/C16H20N4O/c1-11-12(2)18-19-16(13(11)10-17)20-8-5-9-21-15-7-4-3-6-14(15)20/h3-4,6-7H,5,8-10,17H2,1-2H3. The third-order valence-electron chi connectivity index (χ3n) is 3.96. The van der Waals surface area contributed by atoms with Gasteiger partial charge in [0.2, 0.25) is 0 Å². The summed E-state index contributed by atoms with van der Waals surface area (Å²) >= 11 is 0. The Morgan fingerprint density at radius 3 is 2.86 bits per heavy atom. The predicted molar refractivity (Wildman–Crippen MR) is 83.0 cm³/mol. The summed E-state index contributed by atoms with van der Waals surface area (Å²) in [5, 5.41) is 8.69. The summed E-state index contributed by atoms with van der Waals surface area (Å²) in [7, 11) is 0. The van der Waals surface area contributed by atoms with Gasteiger partial charge in [-0.3, -0.25) is 0 Å². The lowest BCUT2D eigenvalue weighted by Gasteiger charge is -2.25. The van der Waals surface area contributed by atoms with Gasteiger partial charge in [-0.15, -0.1) is 5.10 Å². The Labute approximate surface area is 124 Å². The molecule has 0 spiro atoms. The molecule has 0 radical (unpaired) electrons. The van der Waals surface area contributed by atoms with Gasteiger partial charge in [-0.1, -0.05) is 12.1 Å². The van der Waals surface area contributed by atoms with Gasteiger partial charge in [0.15, 0.2) is 5.82 Å². The predicted octanol–water partition coefficient (Wildman–Crippen LogP) is 2.47. The average Bonchev–Trinajstić information content (AvgIpc) is 2.72. The van der Waals surface area contributed by atoms with E-state index in [1.807, 2.05) is 25.1 Å². The zero-order chi connectivity index (χ0) is 14.8. The largest absolute Gasteiger partial charge is 0.491 e. The fourth-order valence-corrected chi connectivity index (χ4v) is 2.65. The fourth-order valence-electron chi connectivity index (χ4n) is 2.65. The van der Waals surface area contributed by atoms with Crippen LogP contribution in [0, 0.1) is 13.8 Å². The SMILES string of the molecule is Cc1nnc(N2CCCOc3ccccc32)c(CN)c1C. The van der Waals surface area contributed by atoms with Crippen LogP contribution in [0.4, 0.5) is 11.5 Å². The van der Waals surface area contributed by atoms with E-state index in [1.54, 1.807) is 0 Å². The number of fused-ring (bicyclic) bond motifs is 1. The number of hydrogen-bond donors (Lipinski definition) is 1. The van der Waals surface area contributed by atoms with Gasteiger partial charge >= 0.3 is 0 Å². The van der Waals surface area contributed by atoms with E-state index >= 15 is 0 Å². The molecule has 1 aliphatic rings. The highest BCUT2D eigenvalue weighted by atomic mass is 16.5. The first-order valence-electron chi connectivity index (χ1n) is 7.24. The molecule has 21 heavy (non-hydrogen) atoms. The molecule has 0 fully saturated rings. The van der Waals surface area contributed by atoms with Gasteiger partial charge in [0, 0.05) is 18.7 Å². The van der Waals surface area contributed by atoms with Crippen LogP contribution in [0.5, 0.6) is 5.75 Å². The third-order valence-corrected chi connectivity index (χ3v) is 3.96. The van der Waals surface area contributed by atoms with Crippen LogP contribution < -0.4 is 15.4 Å². The van der Waals surface area contributed by atoms with Crippen molar-refractivity contribution in [2.75, 3.05) is 18.1 Å². The van der Waals surface area contributed by atoms with Crippen LogP contribution >= 0.6 is 0 Å². The molecule has 110 valence electrons. The van der Waals surface area contributed by atoms with Crippen LogP contribution in [-0.2, 0) is 6.54 Å². The van der Waals surface area contributed by atoms with Crippen molar-refractivity contribution in [2.45, 2.75) is 26.8 Å². The van der Waals surface area contributed by atoms with Crippen molar-refractivity contribution in [3.8, 4) is 5.75 Å². The molecule has 5 nitrogen and oxygen atoms in total. The number of hydrogen-bond acceptors (Lipinski definition) is 5. The number of rotatable bonds is 2. The molecule has 2 aromatic rings. The highest BCUT2D eigenvalue weighted by Gasteiger charge is 2.22. The molecule has 0 atom stereocenters. The summed E-state index contributed by atoms with van der Waals surface area (Å²) in [5.41, 5.74) is 10.1. The quantitative estimate of drug-likeness (QED) is 0.917. The maximum absolute atomic E-state index is 5.96. The molecule has 0 saturated carbocycles. The van der Waals surface area contributed by atoms with E-state index in [0.29, 0.717) is 13.2 Å². The molecule has 0 saturated heterocycles. The van der Waals surface area contributed by atoms with Gasteiger partial charge < -0.3 is 15.4 Å². The molecule has 3 rings (SSSR count). The number of para-hydroxylation sites is 2. The van der Waals surface area contributed by atoms with Gasteiger partial charge in [-0.25, -0.2) is 0 Å². The molecule has 1 aromatic heterocycles. The summed E-state index contributed by atoms with van der Waals surface area (Å²) in [6.07, 6.45) is 0.938. The van der Waals surface area contributed by atoms with Crippen molar-refractivity contribution < 1.29 is 4.74 Å². The number of ether oxygens (including phenoxy) is 1. The summed E-state index contributed by atoms with van der Waals surface area (Å²) in [6, 6.07) is 8.04. The molecular weight excluding hydrogens is 264 g/mol. The maximum atomic E-state index is 5.96. The maximum Gasteiger partial charge on any atom is 0.160 e. The molecule has 0 amide bonds. The van der Waals surface area contributed by atoms with Gasteiger partial charge in [0.05, 0.1) is 18.0 Å². The van der Waals surface area contributed by atoms with Gasteiger partial charge in [-0.2, -0.15) is 5.10 Å². The van der Waals surface area contributed by atoms with Crippen molar-refractivity contribution in [3.05, 3.63) is 41.1 Å². The second-order valence-electron chi connectivity index (χ2n) is 5.24. The first-order chi connectivity index (χ1) is 10.2. The van der Waals surface area contributed by atoms with E-state index in [9.17, 15) is 0 Å². The molecular formula is C16H20N4O. The molecule has 1 aliphatic heterocycles. The minimum Gasteiger partial charge on any atom is -0.491 e. The highest BCUT2D eigenvalue weighted by molar-refractivity contribution is 5.70. The number of aryl methyl sites for hydroxylation is 1. The van der Waals surface area contributed by atoms with E-state index in [-0.39, 0.29) is 0 Å². The monoisotopic (exact) mass is 284 g/mol. The zero-order valence-corrected chi connectivity index (χ0v) is 12.5. The minimum atomic E-state index is 0.455. The summed E-state index contributed by atoms with van der Waals surface area (Å²) in [6.45, 7) is 6.03. The van der Waals surface area contributed by atoms with Crippen molar-refractivity contribution >= 4 is 11.5 Å². The van der Waals surface area contributed by atoms with Crippen LogP contribution in [0.25, 0.3) is 0 Å². The number of aromatic nitrogens is 2. The van der Waals surface area contributed by atoms with E-state index < -0.39 is 0 Å². The van der Waals surface area contributed by atoms with Crippen LogP contribution in [0.15, 0.2) is 24.3 Å². The molecule has 0 aliphatic carbocycles. The van der Waals surface area contributed by atoms with Crippen LogP contribution in [0.3, 0.4) is 0 Å². The molecule has 2 N–H and O–H groups in total. The Bertz CT molecular complexity index is 657. The van der Waals surface area contributed by atoms with E-state index in [0.717, 1.165) is 47.0 Å². The first-order valence-corrected chi connectivity index (χ1v) is 7.24.